The summed E-state index contributed by atoms with van der Waals surface area (Å²) in [7, 11) is 0. The van der Waals surface area contributed by atoms with E-state index in [0.717, 1.165) is 38.1 Å². The van der Waals surface area contributed by atoms with Crippen molar-refractivity contribution in [1.82, 2.24) is 4.90 Å². The molecule has 0 aliphatic carbocycles. The van der Waals surface area contributed by atoms with Crippen molar-refractivity contribution in [1.29, 1.82) is 0 Å². The molecule has 3 fully saturated rings. The zero-order valence-electron chi connectivity index (χ0n) is 8.80. The van der Waals surface area contributed by atoms with Crippen LogP contribution in [0.1, 0.15) is 18.6 Å². The Labute approximate surface area is 89.7 Å². The Bertz CT molecular complexity index is 312. The lowest BCUT2D eigenvalue weighted by Crippen LogP contribution is -2.58. The number of nitrogens with zero attached hydrogens (tertiary/aromatic N) is 1. The average molecular weight is 207 g/mol. The molecule has 2 bridgehead atoms. The van der Waals surface area contributed by atoms with E-state index < -0.39 is 0 Å². The lowest BCUT2D eigenvalue weighted by atomic mass is 9.79. The third-order valence-electron chi connectivity index (χ3n) is 3.91. The van der Waals surface area contributed by atoms with Gasteiger partial charge in [-0.3, -0.25) is 4.90 Å². The quantitative estimate of drug-likeness (QED) is 0.793. The second-order valence-corrected chi connectivity index (χ2v) is 4.71. The van der Waals surface area contributed by atoms with Gasteiger partial charge in [0.15, 0.2) is 0 Å². The molecule has 0 amide bonds. The van der Waals surface area contributed by atoms with E-state index in [1.165, 1.54) is 0 Å². The van der Waals surface area contributed by atoms with Gasteiger partial charge in [-0.15, -0.1) is 0 Å². The van der Waals surface area contributed by atoms with Crippen molar-refractivity contribution >= 4 is 0 Å². The van der Waals surface area contributed by atoms with Gasteiger partial charge in [0.25, 0.3) is 0 Å². The third kappa shape index (κ3) is 1.60. The zero-order chi connectivity index (χ0) is 10.3. The molecule has 0 spiro atoms. The standard InChI is InChI=1S/C12H17NO2/c14-12-9-3-5-13(6-4-9)11(12)8-10-2-1-7-15-10/h1-2,7,9,11-12,14H,3-6,8H2. The Kier molecular flexibility index (Phi) is 2.29. The van der Waals surface area contributed by atoms with Crippen molar-refractivity contribution in [2.45, 2.75) is 31.4 Å². The van der Waals surface area contributed by atoms with E-state index in [-0.39, 0.29) is 12.1 Å². The molecule has 1 aromatic rings. The summed E-state index contributed by atoms with van der Waals surface area (Å²) < 4.78 is 5.35. The number of furan rings is 1. The van der Waals surface area contributed by atoms with Crippen LogP contribution in [0.15, 0.2) is 22.8 Å². The molecule has 0 aromatic carbocycles. The van der Waals surface area contributed by atoms with Crippen LogP contribution in [-0.4, -0.2) is 35.2 Å². The van der Waals surface area contributed by atoms with Crippen LogP contribution in [0.2, 0.25) is 0 Å². The summed E-state index contributed by atoms with van der Waals surface area (Å²) in [4.78, 5) is 2.41. The topological polar surface area (TPSA) is 36.6 Å². The van der Waals surface area contributed by atoms with E-state index in [2.05, 4.69) is 4.90 Å². The van der Waals surface area contributed by atoms with Gasteiger partial charge in [0, 0.05) is 12.5 Å². The van der Waals surface area contributed by atoms with Crippen LogP contribution >= 0.6 is 0 Å². The van der Waals surface area contributed by atoms with Crippen molar-refractivity contribution in [3.8, 4) is 0 Å². The van der Waals surface area contributed by atoms with Crippen molar-refractivity contribution in [3.05, 3.63) is 24.2 Å². The molecular formula is C12H17NO2. The Morgan fingerprint density at radius 1 is 1.40 bits per heavy atom. The van der Waals surface area contributed by atoms with Crippen LogP contribution in [0.3, 0.4) is 0 Å². The number of piperidine rings is 3. The van der Waals surface area contributed by atoms with Gasteiger partial charge in [0.2, 0.25) is 0 Å². The van der Waals surface area contributed by atoms with Gasteiger partial charge < -0.3 is 9.52 Å². The van der Waals surface area contributed by atoms with E-state index >= 15 is 0 Å². The second kappa shape index (κ2) is 3.65. The SMILES string of the molecule is OC1C2CCN(CC2)C1Cc1ccco1. The van der Waals surface area contributed by atoms with Gasteiger partial charge in [-0.2, -0.15) is 0 Å². The first-order chi connectivity index (χ1) is 7.34. The first-order valence-corrected chi connectivity index (χ1v) is 5.79. The first kappa shape index (κ1) is 9.43. The maximum absolute atomic E-state index is 10.2. The van der Waals surface area contributed by atoms with Crippen molar-refractivity contribution < 1.29 is 9.52 Å². The maximum atomic E-state index is 10.2. The van der Waals surface area contributed by atoms with Crippen LogP contribution in [0, 0.1) is 5.92 Å². The smallest absolute Gasteiger partial charge is 0.105 e. The fourth-order valence-corrected chi connectivity index (χ4v) is 3.01. The van der Waals surface area contributed by atoms with E-state index in [0.29, 0.717) is 5.92 Å². The van der Waals surface area contributed by atoms with Gasteiger partial charge in [-0.05, 0) is 44.0 Å². The van der Waals surface area contributed by atoms with Crippen molar-refractivity contribution in [2.75, 3.05) is 13.1 Å². The fraction of sp³-hybridized carbons (Fsp3) is 0.667. The lowest BCUT2D eigenvalue weighted by Gasteiger charge is -2.48. The molecule has 3 heteroatoms. The Morgan fingerprint density at radius 2 is 2.20 bits per heavy atom. The van der Waals surface area contributed by atoms with E-state index in [1.54, 1.807) is 6.26 Å². The number of hydrogen-bond donors (Lipinski definition) is 1. The highest BCUT2D eigenvalue weighted by molar-refractivity contribution is 5.05. The highest BCUT2D eigenvalue weighted by Gasteiger charge is 2.41. The number of aliphatic hydroxyl groups is 1. The van der Waals surface area contributed by atoms with Crippen LogP contribution in [0.4, 0.5) is 0 Å². The Morgan fingerprint density at radius 3 is 2.80 bits per heavy atom. The van der Waals surface area contributed by atoms with Gasteiger partial charge >= 0.3 is 0 Å². The molecule has 3 saturated heterocycles. The predicted octanol–water partition coefficient (Wildman–Crippen LogP) is 1.28. The summed E-state index contributed by atoms with van der Waals surface area (Å²) in [5.74, 6) is 1.52. The molecule has 0 radical (unpaired) electrons. The zero-order valence-corrected chi connectivity index (χ0v) is 8.80. The number of aliphatic hydroxyl groups excluding tert-OH is 1. The molecular weight excluding hydrogens is 190 g/mol. The molecule has 1 aromatic heterocycles. The summed E-state index contributed by atoms with van der Waals surface area (Å²) in [5, 5.41) is 10.2. The highest BCUT2D eigenvalue weighted by atomic mass is 16.3. The molecule has 2 unspecified atom stereocenters. The minimum Gasteiger partial charge on any atom is -0.469 e. The summed E-state index contributed by atoms with van der Waals surface area (Å²) >= 11 is 0. The third-order valence-corrected chi connectivity index (χ3v) is 3.91. The maximum Gasteiger partial charge on any atom is 0.105 e. The second-order valence-electron chi connectivity index (χ2n) is 4.71. The van der Waals surface area contributed by atoms with E-state index in [4.69, 9.17) is 4.42 Å². The minimum absolute atomic E-state index is 0.155. The lowest BCUT2D eigenvalue weighted by molar-refractivity contribution is -0.0729. The largest absolute Gasteiger partial charge is 0.469 e. The molecule has 3 aliphatic heterocycles. The molecule has 2 atom stereocenters. The first-order valence-electron chi connectivity index (χ1n) is 5.79. The molecule has 3 nitrogen and oxygen atoms in total. The molecule has 15 heavy (non-hydrogen) atoms. The number of rotatable bonds is 2. The van der Waals surface area contributed by atoms with Gasteiger partial charge in [0.1, 0.15) is 5.76 Å². The van der Waals surface area contributed by atoms with E-state index in [1.807, 2.05) is 12.1 Å². The summed E-state index contributed by atoms with van der Waals surface area (Å²) in [5.41, 5.74) is 0. The van der Waals surface area contributed by atoms with Crippen LogP contribution in [-0.2, 0) is 6.42 Å². The van der Waals surface area contributed by atoms with Crippen molar-refractivity contribution in [3.63, 3.8) is 0 Å². The summed E-state index contributed by atoms with van der Waals surface area (Å²) in [6.45, 7) is 2.29. The molecule has 4 rings (SSSR count). The number of hydrogen-bond acceptors (Lipinski definition) is 3. The van der Waals surface area contributed by atoms with Crippen molar-refractivity contribution in [2.24, 2.45) is 5.92 Å². The van der Waals surface area contributed by atoms with Crippen LogP contribution in [0.25, 0.3) is 0 Å². The summed E-state index contributed by atoms with van der Waals surface area (Å²) in [6.07, 6.45) is 4.73. The Balaban J connectivity index is 1.75. The van der Waals surface area contributed by atoms with Crippen LogP contribution < -0.4 is 0 Å². The average Bonchev–Trinajstić information content (AvgIpc) is 2.77. The monoisotopic (exact) mass is 207 g/mol. The molecule has 1 N–H and O–H groups in total. The van der Waals surface area contributed by atoms with Gasteiger partial charge in [-0.25, -0.2) is 0 Å². The molecule has 4 heterocycles. The Hall–Kier alpha value is -0.800. The molecule has 0 saturated carbocycles. The fourth-order valence-electron chi connectivity index (χ4n) is 3.01. The molecule has 3 aliphatic rings. The highest BCUT2D eigenvalue weighted by Crippen LogP contribution is 2.33. The van der Waals surface area contributed by atoms with Gasteiger partial charge in [0.05, 0.1) is 12.4 Å². The van der Waals surface area contributed by atoms with E-state index in [9.17, 15) is 5.11 Å². The summed E-state index contributed by atoms with van der Waals surface area (Å²) in [6, 6.07) is 4.19. The van der Waals surface area contributed by atoms with Crippen LogP contribution in [0.5, 0.6) is 0 Å². The van der Waals surface area contributed by atoms with Gasteiger partial charge in [-0.1, -0.05) is 0 Å². The minimum atomic E-state index is -0.155. The predicted molar refractivity (Wildman–Crippen MR) is 56.5 cm³/mol. The normalized spacial score (nSPS) is 39.5. The number of fused-ring (bicyclic) bond motifs is 3. The molecule has 82 valence electrons.